The van der Waals surface area contributed by atoms with Gasteiger partial charge in [0.15, 0.2) is 17.2 Å². The number of nitrogens with zero attached hydrogens (tertiary/aromatic N) is 7. The van der Waals surface area contributed by atoms with Crippen LogP contribution in [-0.2, 0) is 9.53 Å². The van der Waals surface area contributed by atoms with Crippen LogP contribution in [0.3, 0.4) is 0 Å². The van der Waals surface area contributed by atoms with Crippen LogP contribution in [0, 0.1) is 23.0 Å². The Hall–Kier alpha value is -4.93. The molecule has 2 saturated heterocycles. The summed E-state index contributed by atoms with van der Waals surface area (Å²) in [6.07, 6.45) is 4.27. The van der Waals surface area contributed by atoms with Gasteiger partial charge in [-0.3, -0.25) is 9.69 Å². The van der Waals surface area contributed by atoms with E-state index in [1.54, 1.807) is 46.0 Å². The molecule has 0 aliphatic carbocycles. The quantitative estimate of drug-likeness (QED) is 0.225. The summed E-state index contributed by atoms with van der Waals surface area (Å²) in [4.78, 5) is 26.0. The van der Waals surface area contributed by atoms with Crippen molar-refractivity contribution in [2.75, 3.05) is 45.1 Å². The molecule has 46 heavy (non-hydrogen) atoms. The lowest BCUT2D eigenvalue weighted by Crippen LogP contribution is -2.49. The molecule has 11 nitrogen and oxygen atoms in total. The minimum Gasteiger partial charge on any atom is -0.454 e. The number of anilines is 1. The molecule has 2 aliphatic rings. The van der Waals surface area contributed by atoms with Gasteiger partial charge in [-0.05, 0) is 57.0 Å². The number of fused-ring (bicyclic) bond motifs is 1. The molecule has 1 atom stereocenters. The molecular formula is C33H34F2N8O3. The summed E-state index contributed by atoms with van der Waals surface area (Å²) >= 11 is 0. The van der Waals surface area contributed by atoms with Crippen LogP contribution in [0.15, 0.2) is 60.4 Å². The normalized spacial score (nSPS) is 18.0. The molecule has 0 spiro atoms. The molecule has 13 heteroatoms. The molecule has 2 fully saturated rings. The number of amides is 1. The third kappa shape index (κ3) is 6.01. The number of rotatable bonds is 7. The van der Waals surface area contributed by atoms with Crippen LogP contribution in [-0.4, -0.2) is 80.4 Å². The first-order valence-electron chi connectivity index (χ1n) is 15.1. The monoisotopic (exact) mass is 628 g/mol. The van der Waals surface area contributed by atoms with Crippen LogP contribution < -0.4 is 10.5 Å². The van der Waals surface area contributed by atoms with Gasteiger partial charge in [0.2, 0.25) is 5.82 Å². The lowest BCUT2D eigenvalue weighted by atomic mass is 9.97. The van der Waals surface area contributed by atoms with Crippen LogP contribution in [0.1, 0.15) is 32.7 Å². The molecule has 0 unspecified atom stereocenters. The minimum absolute atomic E-state index is 0.0551. The van der Waals surface area contributed by atoms with E-state index in [2.05, 4.69) is 26.0 Å². The maximum Gasteiger partial charge on any atom is 0.264 e. The van der Waals surface area contributed by atoms with E-state index < -0.39 is 17.2 Å². The lowest BCUT2D eigenvalue weighted by Gasteiger charge is -2.39. The molecule has 4 heterocycles. The Bertz CT molecular complexity index is 1830. The number of hydrogen-bond donors (Lipinski definition) is 1. The number of nitriles is 1. The molecule has 6 rings (SSSR count). The number of halogens is 2. The number of hydrogen-bond acceptors (Lipinski definition) is 9. The molecular weight excluding hydrogens is 594 g/mol. The Morgan fingerprint density at radius 1 is 1.11 bits per heavy atom. The summed E-state index contributed by atoms with van der Waals surface area (Å²) in [7, 11) is 0. The van der Waals surface area contributed by atoms with E-state index in [9.17, 15) is 10.1 Å². The first-order valence-corrected chi connectivity index (χ1v) is 15.1. The summed E-state index contributed by atoms with van der Waals surface area (Å²) < 4.78 is 43.6. The van der Waals surface area contributed by atoms with E-state index in [1.165, 1.54) is 18.5 Å². The van der Waals surface area contributed by atoms with Crippen molar-refractivity contribution in [2.45, 2.75) is 38.3 Å². The largest absolute Gasteiger partial charge is 0.454 e. The number of piperidine rings is 1. The van der Waals surface area contributed by atoms with E-state index in [-0.39, 0.29) is 52.3 Å². The second-order valence-corrected chi connectivity index (χ2v) is 11.9. The Morgan fingerprint density at radius 2 is 1.87 bits per heavy atom. The van der Waals surface area contributed by atoms with Gasteiger partial charge in [0.05, 0.1) is 24.6 Å². The predicted molar refractivity (Wildman–Crippen MR) is 167 cm³/mol. The van der Waals surface area contributed by atoms with Crippen molar-refractivity contribution in [2.24, 2.45) is 0 Å². The number of nitrogens with two attached hydrogens (primary N) is 1. The summed E-state index contributed by atoms with van der Waals surface area (Å²) in [6.45, 7) is 7.24. The van der Waals surface area contributed by atoms with Gasteiger partial charge in [-0.25, -0.2) is 19.0 Å². The van der Waals surface area contributed by atoms with Gasteiger partial charge in [-0.15, -0.1) is 0 Å². The summed E-state index contributed by atoms with van der Waals surface area (Å²) in [5, 5.41) is 15.0. The fraction of sp³-hybridized carbons (Fsp3) is 0.364. The zero-order chi connectivity index (χ0) is 32.4. The number of aromatic nitrogens is 4. The van der Waals surface area contributed by atoms with Gasteiger partial charge in [0, 0.05) is 37.3 Å². The van der Waals surface area contributed by atoms with E-state index in [0.717, 1.165) is 0 Å². The molecule has 238 valence electrons. The second kappa shape index (κ2) is 12.8. The Kier molecular flexibility index (Phi) is 8.66. The van der Waals surface area contributed by atoms with Crippen LogP contribution >= 0.6 is 0 Å². The second-order valence-electron chi connectivity index (χ2n) is 11.9. The van der Waals surface area contributed by atoms with Gasteiger partial charge in [-0.1, -0.05) is 18.2 Å². The molecule has 2 aromatic carbocycles. The Morgan fingerprint density at radius 3 is 2.61 bits per heavy atom. The molecule has 2 aromatic heterocycles. The summed E-state index contributed by atoms with van der Waals surface area (Å²) in [5.41, 5.74) is 6.05. The predicted octanol–water partition coefficient (Wildman–Crippen LogP) is 4.87. The number of para-hydroxylation sites is 1. The van der Waals surface area contributed by atoms with E-state index >= 15 is 8.78 Å². The van der Waals surface area contributed by atoms with Crippen molar-refractivity contribution >= 4 is 22.8 Å². The van der Waals surface area contributed by atoms with Gasteiger partial charge >= 0.3 is 0 Å². The van der Waals surface area contributed by atoms with Crippen molar-refractivity contribution in [3.05, 3.63) is 72.1 Å². The molecule has 0 bridgehead atoms. The molecule has 0 saturated carbocycles. The third-order valence-electron chi connectivity index (χ3n) is 8.50. The number of nitrogen functional groups attached to an aromatic ring is 1. The van der Waals surface area contributed by atoms with Crippen LogP contribution in [0.2, 0.25) is 0 Å². The number of benzene rings is 2. The number of likely N-dealkylation sites (tertiary alicyclic amines) is 1. The number of carbonyl (C=O) groups excluding carboxylic acids is 1. The lowest BCUT2D eigenvalue weighted by molar-refractivity contribution is -0.128. The van der Waals surface area contributed by atoms with Crippen LogP contribution in [0.25, 0.3) is 22.3 Å². The van der Waals surface area contributed by atoms with E-state index in [4.69, 9.17) is 15.2 Å². The molecule has 0 radical (unpaired) electrons. The maximum atomic E-state index is 15.6. The van der Waals surface area contributed by atoms with Crippen LogP contribution in [0.5, 0.6) is 11.5 Å². The van der Waals surface area contributed by atoms with Gasteiger partial charge < -0.3 is 20.1 Å². The zero-order valence-corrected chi connectivity index (χ0v) is 25.6. The van der Waals surface area contributed by atoms with Crippen molar-refractivity contribution < 1.29 is 23.0 Å². The number of carbonyl (C=O) groups is 1. The smallest absolute Gasteiger partial charge is 0.264 e. The van der Waals surface area contributed by atoms with E-state index in [0.29, 0.717) is 57.1 Å². The van der Waals surface area contributed by atoms with E-state index in [1.807, 2.05) is 13.8 Å². The topological polar surface area (TPSA) is 135 Å². The third-order valence-corrected chi connectivity index (χ3v) is 8.50. The molecule has 2 N–H and O–H groups in total. The van der Waals surface area contributed by atoms with Crippen molar-refractivity contribution in [1.29, 1.82) is 5.26 Å². The fourth-order valence-electron chi connectivity index (χ4n) is 6.08. The van der Waals surface area contributed by atoms with Gasteiger partial charge in [0.1, 0.15) is 35.2 Å². The number of ether oxygens (including phenoxy) is 2. The first-order chi connectivity index (χ1) is 22.2. The zero-order valence-electron chi connectivity index (χ0n) is 25.6. The summed E-state index contributed by atoms with van der Waals surface area (Å²) in [6, 6.07) is 13.0. The molecule has 2 aliphatic heterocycles. The highest BCUT2D eigenvalue weighted by molar-refractivity contribution is 5.99. The highest BCUT2D eigenvalue weighted by Crippen LogP contribution is 2.38. The SMILES string of the molecule is CC(C)(C=C(C#N)C(=O)N1CCC[C@@H](n2nc(-c3ccc(Oc4ccccc4)c(F)c3F)c3c(N)ncnc32)C1)N1CCOCC1. The maximum absolute atomic E-state index is 15.6. The summed E-state index contributed by atoms with van der Waals surface area (Å²) in [5.74, 6) is -2.57. The van der Waals surface area contributed by atoms with Crippen molar-refractivity contribution in [3.8, 4) is 28.8 Å². The molecule has 4 aromatic rings. The van der Waals surface area contributed by atoms with Crippen molar-refractivity contribution in [3.63, 3.8) is 0 Å². The Balaban J connectivity index is 1.31. The molecule has 1 amide bonds. The number of morpholine rings is 1. The average Bonchev–Trinajstić information content (AvgIpc) is 3.47. The minimum atomic E-state index is -1.18. The first kappa shape index (κ1) is 31.1. The average molecular weight is 629 g/mol. The fourth-order valence-corrected chi connectivity index (χ4v) is 6.08. The Labute approximate surface area is 264 Å². The van der Waals surface area contributed by atoms with Gasteiger partial charge in [-0.2, -0.15) is 14.8 Å². The standard InChI is InChI=1S/C33H34F2N8O3/c1-33(2,42-13-15-45-16-14-42)17-21(18-36)32(44)41-12-6-7-22(19-41)43-31-26(30(37)38-20-39-31)29(40-43)24-10-11-25(28(35)27(24)34)46-23-8-4-3-5-9-23/h3-5,8-11,17,20,22H,6-7,12-16,19H2,1-2H3,(H2,37,38,39)/t22-/m1/s1. The highest BCUT2D eigenvalue weighted by Gasteiger charge is 2.33. The van der Waals surface area contributed by atoms with Crippen LogP contribution in [0.4, 0.5) is 14.6 Å². The van der Waals surface area contributed by atoms with Gasteiger partial charge in [0.25, 0.3) is 5.91 Å². The highest BCUT2D eigenvalue weighted by atomic mass is 19.2. The van der Waals surface area contributed by atoms with Crippen molar-refractivity contribution in [1.82, 2.24) is 29.5 Å².